The summed E-state index contributed by atoms with van der Waals surface area (Å²) < 4.78 is 30.6. The van der Waals surface area contributed by atoms with Gasteiger partial charge in [0.2, 0.25) is 0 Å². The molecule has 0 saturated carbocycles. The van der Waals surface area contributed by atoms with Crippen molar-refractivity contribution in [2.45, 2.75) is 12.5 Å². The van der Waals surface area contributed by atoms with E-state index in [1.54, 1.807) is 28.6 Å². The third-order valence-corrected chi connectivity index (χ3v) is 7.08. The van der Waals surface area contributed by atoms with Gasteiger partial charge in [-0.15, -0.1) is 0 Å². The average Bonchev–Trinajstić information content (AvgIpc) is 2.97. The molecular weight excluding hydrogens is 406 g/mol. The zero-order valence-corrected chi connectivity index (χ0v) is 17.6. The van der Waals surface area contributed by atoms with Crippen molar-refractivity contribution in [3.8, 4) is 0 Å². The van der Waals surface area contributed by atoms with E-state index in [4.69, 9.17) is 11.6 Å². The van der Waals surface area contributed by atoms with Gasteiger partial charge in [-0.2, -0.15) is 8.42 Å². The summed E-state index contributed by atoms with van der Waals surface area (Å²) in [6.07, 6.45) is 0.641. The summed E-state index contributed by atoms with van der Waals surface area (Å²) in [4.78, 5) is 0. The quantitative estimate of drug-likeness (QED) is 0.609. The molecule has 1 aliphatic rings. The Morgan fingerprint density at radius 1 is 0.897 bits per heavy atom. The SMILES string of the molecule is CNCC[C@@H](c1ccccc1)N1c2ccccc2N(c2ccc(Cl)cc2)S1(=O)=O. The van der Waals surface area contributed by atoms with Crippen LogP contribution in [-0.2, 0) is 10.2 Å². The number of anilines is 3. The van der Waals surface area contributed by atoms with E-state index in [9.17, 15) is 8.42 Å². The van der Waals surface area contributed by atoms with Crippen molar-refractivity contribution in [3.05, 3.63) is 89.4 Å². The highest BCUT2D eigenvalue weighted by molar-refractivity contribution is 7.95. The van der Waals surface area contributed by atoms with Crippen molar-refractivity contribution in [3.63, 3.8) is 0 Å². The van der Waals surface area contributed by atoms with Gasteiger partial charge in [-0.1, -0.05) is 54.1 Å². The monoisotopic (exact) mass is 427 g/mol. The highest BCUT2D eigenvalue weighted by atomic mass is 35.5. The Bertz CT molecular complexity index is 1090. The Kier molecular flexibility index (Phi) is 5.50. The second kappa shape index (κ2) is 8.06. The van der Waals surface area contributed by atoms with Crippen LogP contribution < -0.4 is 13.9 Å². The molecule has 0 aliphatic carbocycles. The predicted molar refractivity (Wildman–Crippen MR) is 119 cm³/mol. The van der Waals surface area contributed by atoms with Crippen LogP contribution in [0.4, 0.5) is 17.1 Å². The maximum absolute atomic E-state index is 13.8. The first kappa shape index (κ1) is 19.8. The first-order valence-electron chi connectivity index (χ1n) is 9.43. The van der Waals surface area contributed by atoms with E-state index in [2.05, 4.69) is 5.32 Å². The van der Waals surface area contributed by atoms with Crippen LogP contribution in [0, 0.1) is 0 Å². The predicted octanol–water partition coefficient (Wildman–Crippen LogP) is 4.89. The second-order valence-corrected chi connectivity index (χ2v) is 8.94. The number of halogens is 1. The standard InChI is InChI=1S/C22H22ClN3O2S/c1-24-16-15-20(17-7-3-2-4-8-17)26-22-10-6-5-9-21(22)25(29(26,27)28)19-13-11-18(23)12-14-19/h2-14,20,24H,15-16H2,1H3/t20-/m0/s1. The molecule has 0 amide bonds. The van der Waals surface area contributed by atoms with E-state index in [0.717, 1.165) is 5.56 Å². The minimum absolute atomic E-state index is 0.327. The van der Waals surface area contributed by atoms with Gasteiger partial charge < -0.3 is 5.32 Å². The summed E-state index contributed by atoms with van der Waals surface area (Å²) in [6.45, 7) is 0.689. The van der Waals surface area contributed by atoms with Gasteiger partial charge in [-0.25, -0.2) is 8.61 Å². The van der Waals surface area contributed by atoms with E-state index in [1.807, 2.05) is 61.6 Å². The minimum atomic E-state index is -3.83. The molecule has 1 heterocycles. The molecule has 0 spiro atoms. The lowest BCUT2D eigenvalue weighted by molar-refractivity contribution is 0.565. The summed E-state index contributed by atoms with van der Waals surface area (Å²) in [6, 6.07) is 23.7. The Balaban J connectivity index is 1.87. The molecule has 5 nitrogen and oxygen atoms in total. The summed E-state index contributed by atoms with van der Waals surface area (Å²) in [5.41, 5.74) is 2.83. The van der Waals surface area contributed by atoms with Crippen LogP contribution in [0.5, 0.6) is 0 Å². The maximum Gasteiger partial charge on any atom is 0.331 e. The molecule has 0 unspecified atom stereocenters. The third kappa shape index (κ3) is 3.59. The Morgan fingerprint density at radius 2 is 1.52 bits per heavy atom. The normalized spacial score (nSPS) is 15.9. The molecular formula is C22H22ClN3O2S. The number of hydrogen-bond donors (Lipinski definition) is 1. The second-order valence-electron chi connectivity index (χ2n) is 6.85. The fourth-order valence-corrected chi connectivity index (χ4v) is 5.76. The van der Waals surface area contributed by atoms with Crippen LogP contribution in [0.3, 0.4) is 0 Å². The lowest BCUT2D eigenvalue weighted by Crippen LogP contribution is -2.39. The number of nitrogens with one attached hydrogen (secondary N) is 1. The van der Waals surface area contributed by atoms with Crippen LogP contribution in [-0.4, -0.2) is 22.0 Å². The Labute approximate surface area is 176 Å². The summed E-state index contributed by atoms with van der Waals surface area (Å²) in [5, 5.41) is 3.70. The topological polar surface area (TPSA) is 52.6 Å². The number of fused-ring (bicyclic) bond motifs is 1. The highest BCUT2D eigenvalue weighted by Crippen LogP contribution is 2.49. The van der Waals surface area contributed by atoms with Gasteiger partial charge in [0.05, 0.1) is 23.1 Å². The first-order valence-corrected chi connectivity index (χ1v) is 11.2. The molecule has 0 fully saturated rings. The van der Waals surface area contributed by atoms with E-state index in [-0.39, 0.29) is 6.04 Å². The molecule has 0 radical (unpaired) electrons. The fourth-order valence-electron chi connectivity index (χ4n) is 3.71. The molecule has 3 aromatic rings. The number of benzene rings is 3. The van der Waals surface area contributed by atoms with Crippen molar-refractivity contribution in [2.24, 2.45) is 0 Å². The summed E-state index contributed by atoms with van der Waals surface area (Å²) >= 11 is 6.02. The van der Waals surface area contributed by atoms with Crippen molar-refractivity contribution in [1.29, 1.82) is 0 Å². The van der Waals surface area contributed by atoms with E-state index in [0.29, 0.717) is 35.1 Å². The zero-order valence-electron chi connectivity index (χ0n) is 16.0. The molecule has 150 valence electrons. The molecule has 0 aromatic heterocycles. The van der Waals surface area contributed by atoms with Crippen LogP contribution in [0.1, 0.15) is 18.0 Å². The van der Waals surface area contributed by atoms with E-state index < -0.39 is 10.2 Å². The van der Waals surface area contributed by atoms with Crippen LogP contribution >= 0.6 is 11.6 Å². The lowest BCUT2D eigenvalue weighted by atomic mass is 10.0. The summed E-state index contributed by atoms with van der Waals surface area (Å²) in [5.74, 6) is 0. The van der Waals surface area contributed by atoms with Crippen LogP contribution in [0.25, 0.3) is 0 Å². The Hall–Kier alpha value is -2.54. The fraction of sp³-hybridized carbons (Fsp3) is 0.182. The Morgan fingerprint density at radius 3 is 2.17 bits per heavy atom. The molecule has 3 aromatic carbocycles. The van der Waals surface area contributed by atoms with Gasteiger partial charge in [-0.05, 0) is 62.0 Å². The van der Waals surface area contributed by atoms with Crippen molar-refractivity contribution < 1.29 is 8.42 Å². The average molecular weight is 428 g/mol. The summed E-state index contributed by atoms with van der Waals surface area (Å²) in [7, 11) is -1.97. The third-order valence-electron chi connectivity index (χ3n) is 5.01. The van der Waals surface area contributed by atoms with Crippen molar-refractivity contribution in [1.82, 2.24) is 5.32 Å². The number of rotatable bonds is 6. The van der Waals surface area contributed by atoms with Gasteiger partial charge in [0.1, 0.15) is 0 Å². The van der Waals surface area contributed by atoms with Gasteiger partial charge >= 0.3 is 10.2 Å². The molecule has 1 N–H and O–H groups in total. The number of hydrogen-bond acceptors (Lipinski definition) is 3. The van der Waals surface area contributed by atoms with Gasteiger partial charge in [-0.3, -0.25) is 0 Å². The maximum atomic E-state index is 13.8. The van der Waals surface area contributed by atoms with Crippen molar-refractivity contribution >= 4 is 38.9 Å². The molecule has 0 bridgehead atoms. The molecule has 4 rings (SSSR count). The molecule has 1 atom stereocenters. The van der Waals surface area contributed by atoms with E-state index >= 15 is 0 Å². The van der Waals surface area contributed by atoms with Crippen LogP contribution in [0.2, 0.25) is 5.02 Å². The molecule has 7 heteroatoms. The van der Waals surface area contributed by atoms with Gasteiger partial charge in [0.25, 0.3) is 0 Å². The zero-order chi connectivity index (χ0) is 20.4. The largest absolute Gasteiger partial charge is 0.331 e. The molecule has 0 saturated heterocycles. The molecule has 1 aliphatic heterocycles. The first-order chi connectivity index (χ1) is 14.0. The number of para-hydroxylation sites is 2. The van der Waals surface area contributed by atoms with Crippen molar-refractivity contribution in [2.75, 3.05) is 22.2 Å². The smallest absolute Gasteiger partial charge is 0.320 e. The number of nitrogens with zero attached hydrogens (tertiary/aromatic N) is 2. The minimum Gasteiger partial charge on any atom is -0.320 e. The molecule has 29 heavy (non-hydrogen) atoms. The van der Waals surface area contributed by atoms with Crippen LogP contribution in [0.15, 0.2) is 78.9 Å². The van der Waals surface area contributed by atoms with Gasteiger partial charge in [0.15, 0.2) is 0 Å². The van der Waals surface area contributed by atoms with E-state index in [1.165, 1.54) is 4.31 Å². The lowest BCUT2D eigenvalue weighted by Gasteiger charge is -2.30. The van der Waals surface area contributed by atoms with Gasteiger partial charge in [0, 0.05) is 5.02 Å². The highest BCUT2D eigenvalue weighted by Gasteiger charge is 2.44.